The number of hydrogen-bond acceptors (Lipinski definition) is 6. The lowest BCUT2D eigenvalue weighted by Crippen LogP contribution is -2.41. The molecule has 0 aromatic carbocycles. The molecule has 1 fully saturated rings. The molecule has 0 aliphatic carbocycles. The molecule has 3 atom stereocenters. The second kappa shape index (κ2) is 7.10. The van der Waals surface area contributed by atoms with Crippen molar-refractivity contribution in [2.45, 2.75) is 24.9 Å². The van der Waals surface area contributed by atoms with E-state index in [1.54, 1.807) is 0 Å². The van der Waals surface area contributed by atoms with E-state index in [1.165, 1.54) is 0 Å². The van der Waals surface area contributed by atoms with Crippen LogP contribution in [0.15, 0.2) is 0 Å². The van der Waals surface area contributed by atoms with E-state index >= 15 is 0 Å². The number of aliphatic hydroxyl groups excluding tert-OH is 3. The molecular formula is C9H18O6. The molecule has 0 bridgehead atoms. The van der Waals surface area contributed by atoms with Crippen molar-refractivity contribution in [1.29, 1.82) is 0 Å². The SMILES string of the molecule is OCCC(O)OCC1COCC(CO)O1. The van der Waals surface area contributed by atoms with Gasteiger partial charge in [-0.2, -0.15) is 0 Å². The fourth-order valence-corrected chi connectivity index (χ4v) is 1.28. The zero-order valence-corrected chi connectivity index (χ0v) is 8.54. The van der Waals surface area contributed by atoms with Crippen LogP contribution in [-0.2, 0) is 14.2 Å². The number of hydrogen-bond donors (Lipinski definition) is 3. The molecule has 0 spiro atoms. The van der Waals surface area contributed by atoms with E-state index in [4.69, 9.17) is 24.4 Å². The Bertz CT molecular complexity index is 165. The van der Waals surface area contributed by atoms with Gasteiger partial charge in [-0.1, -0.05) is 0 Å². The molecule has 1 aliphatic rings. The van der Waals surface area contributed by atoms with Crippen molar-refractivity contribution in [2.75, 3.05) is 33.0 Å². The molecule has 3 unspecified atom stereocenters. The van der Waals surface area contributed by atoms with Gasteiger partial charge < -0.3 is 29.5 Å². The standard InChI is InChI=1S/C9H18O6/c10-2-1-9(12)14-6-8-5-13-4-7(3-11)15-8/h7-12H,1-6H2. The zero-order valence-electron chi connectivity index (χ0n) is 8.54. The van der Waals surface area contributed by atoms with Crippen molar-refractivity contribution in [2.24, 2.45) is 0 Å². The molecule has 1 aliphatic heterocycles. The summed E-state index contributed by atoms with van der Waals surface area (Å²) in [6, 6.07) is 0. The summed E-state index contributed by atoms with van der Waals surface area (Å²) in [7, 11) is 0. The average molecular weight is 222 g/mol. The predicted molar refractivity (Wildman–Crippen MR) is 50.2 cm³/mol. The highest BCUT2D eigenvalue weighted by molar-refractivity contribution is 4.67. The normalized spacial score (nSPS) is 29.0. The van der Waals surface area contributed by atoms with Crippen molar-refractivity contribution in [3.8, 4) is 0 Å². The first-order chi connectivity index (χ1) is 7.26. The largest absolute Gasteiger partial charge is 0.396 e. The molecule has 0 saturated carbocycles. The number of aliphatic hydroxyl groups is 3. The van der Waals surface area contributed by atoms with Crippen molar-refractivity contribution < 1.29 is 29.5 Å². The summed E-state index contributed by atoms with van der Waals surface area (Å²) in [5, 5.41) is 26.5. The molecular weight excluding hydrogens is 204 g/mol. The van der Waals surface area contributed by atoms with Crippen LogP contribution in [0.5, 0.6) is 0 Å². The molecule has 90 valence electrons. The third-order valence-corrected chi connectivity index (χ3v) is 2.05. The van der Waals surface area contributed by atoms with Crippen LogP contribution in [0, 0.1) is 0 Å². The summed E-state index contributed by atoms with van der Waals surface area (Å²) >= 11 is 0. The molecule has 1 rings (SSSR count). The summed E-state index contributed by atoms with van der Waals surface area (Å²) in [5.74, 6) is 0. The molecule has 6 heteroatoms. The van der Waals surface area contributed by atoms with Gasteiger partial charge >= 0.3 is 0 Å². The van der Waals surface area contributed by atoms with Crippen LogP contribution in [0.2, 0.25) is 0 Å². The fourth-order valence-electron chi connectivity index (χ4n) is 1.28. The zero-order chi connectivity index (χ0) is 11.1. The lowest BCUT2D eigenvalue weighted by molar-refractivity contribution is -0.195. The van der Waals surface area contributed by atoms with Crippen LogP contribution in [0.3, 0.4) is 0 Å². The Labute approximate surface area is 88.4 Å². The molecule has 15 heavy (non-hydrogen) atoms. The minimum atomic E-state index is -0.979. The van der Waals surface area contributed by atoms with Crippen LogP contribution in [0.1, 0.15) is 6.42 Å². The Morgan fingerprint density at radius 1 is 1.27 bits per heavy atom. The van der Waals surface area contributed by atoms with E-state index in [1.807, 2.05) is 0 Å². The summed E-state index contributed by atoms with van der Waals surface area (Å²) in [6.07, 6.45) is -1.39. The highest BCUT2D eigenvalue weighted by Crippen LogP contribution is 2.09. The first-order valence-electron chi connectivity index (χ1n) is 5.01. The van der Waals surface area contributed by atoms with Gasteiger partial charge in [0, 0.05) is 13.0 Å². The highest BCUT2D eigenvalue weighted by atomic mass is 16.6. The van der Waals surface area contributed by atoms with E-state index in [9.17, 15) is 5.11 Å². The first kappa shape index (κ1) is 12.8. The Kier molecular flexibility index (Phi) is 6.07. The maximum atomic E-state index is 9.17. The highest BCUT2D eigenvalue weighted by Gasteiger charge is 2.23. The fraction of sp³-hybridized carbons (Fsp3) is 1.00. The van der Waals surface area contributed by atoms with Gasteiger partial charge in [-0.15, -0.1) is 0 Å². The smallest absolute Gasteiger partial charge is 0.156 e. The Balaban J connectivity index is 2.14. The van der Waals surface area contributed by atoms with Crippen LogP contribution in [0.4, 0.5) is 0 Å². The topological polar surface area (TPSA) is 88.4 Å². The van der Waals surface area contributed by atoms with Crippen molar-refractivity contribution in [1.82, 2.24) is 0 Å². The molecule has 3 N–H and O–H groups in total. The average Bonchev–Trinajstić information content (AvgIpc) is 2.27. The molecule has 1 heterocycles. The first-order valence-corrected chi connectivity index (χ1v) is 5.01. The van der Waals surface area contributed by atoms with E-state index in [-0.39, 0.29) is 38.4 Å². The van der Waals surface area contributed by atoms with Gasteiger partial charge in [-0.05, 0) is 0 Å². The maximum Gasteiger partial charge on any atom is 0.156 e. The Morgan fingerprint density at radius 2 is 2.00 bits per heavy atom. The van der Waals surface area contributed by atoms with Crippen LogP contribution in [-0.4, -0.2) is 66.9 Å². The molecule has 0 radical (unpaired) electrons. The van der Waals surface area contributed by atoms with Gasteiger partial charge in [0.25, 0.3) is 0 Å². The predicted octanol–water partition coefficient (Wildman–Crippen LogP) is -1.52. The van der Waals surface area contributed by atoms with Gasteiger partial charge in [0.05, 0.1) is 26.4 Å². The molecule has 0 aromatic rings. The summed E-state index contributed by atoms with van der Waals surface area (Å²) in [4.78, 5) is 0. The van der Waals surface area contributed by atoms with Crippen LogP contribution >= 0.6 is 0 Å². The third-order valence-electron chi connectivity index (χ3n) is 2.05. The lowest BCUT2D eigenvalue weighted by Gasteiger charge is -2.29. The van der Waals surface area contributed by atoms with E-state index < -0.39 is 6.29 Å². The van der Waals surface area contributed by atoms with Crippen molar-refractivity contribution in [3.63, 3.8) is 0 Å². The quantitative estimate of drug-likeness (QED) is 0.473. The van der Waals surface area contributed by atoms with Crippen LogP contribution < -0.4 is 0 Å². The Morgan fingerprint density at radius 3 is 2.67 bits per heavy atom. The minimum Gasteiger partial charge on any atom is -0.396 e. The van der Waals surface area contributed by atoms with Gasteiger partial charge in [-0.25, -0.2) is 0 Å². The Hall–Kier alpha value is -0.240. The maximum absolute atomic E-state index is 9.17. The van der Waals surface area contributed by atoms with Crippen LogP contribution in [0.25, 0.3) is 0 Å². The van der Waals surface area contributed by atoms with E-state index in [0.717, 1.165) is 0 Å². The van der Waals surface area contributed by atoms with Gasteiger partial charge in [0.1, 0.15) is 12.2 Å². The number of rotatable bonds is 6. The second-order valence-corrected chi connectivity index (χ2v) is 3.40. The number of ether oxygens (including phenoxy) is 3. The molecule has 1 saturated heterocycles. The molecule has 0 aromatic heterocycles. The molecule has 6 nitrogen and oxygen atoms in total. The summed E-state index contributed by atoms with van der Waals surface area (Å²) in [6.45, 7) is 0.754. The molecule has 0 amide bonds. The van der Waals surface area contributed by atoms with Gasteiger partial charge in [0.2, 0.25) is 0 Å². The summed E-state index contributed by atoms with van der Waals surface area (Å²) < 4.78 is 15.6. The third kappa shape index (κ3) is 4.87. The van der Waals surface area contributed by atoms with Gasteiger partial charge in [0.15, 0.2) is 6.29 Å². The van der Waals surface area contributed by atoms with Crippen molar-refractivity contribution >= 4 is 0 Å². The van der Waals surface area contributed by atoms with E-state index in [0.29, 0.717) is 13.2 Å². The summed E-state index contributed by atoms with van der Waals surface area (Å²) in [5.41, 5.74) is 0. The monoisotopic (exact) mass is 222 g/mol. The van der Waals surface area contributed by atoms with E-state index in [2.05, 4.69) is 0 Å². The second-order valence-electron chi connectivity index (χ2n) is 3.40. The minimum absolute atomic E-state index is 0.0876. The van der Waals surface area contributed by atoms with Gasteiger partial charge in [-0.3, -0.25) is 0 Å². The van der Waals surface area contributed by atoms with Crippen molar-refractivity contribution in [3.05, 3.63) is 0 Å². The lowest BCUT2D eigenvalue weighted by atomic mass is 10.3.